The zero-order chi connectivity index (χ0) is 16.1. The smallest absolute Gasteiger partial charge is 0.389 e. The van der Waals surface area contributed by atoms with Gasteiger partial charge in [0.15, 0.2) is 0 Å². The van der Waals surface area contributed by atoms with E-state index in [9.17, 15) is 21.6 Å². The van der Waals surface area contributed by atoms with E-state index in [-0.39, 0.29) is 30.0 Å². The van der Waals surface area contributed by atoms with Crippen molar-refractivity contribution < 1.29 is 26.3 Å². The van der Waals surface area contributed by atoms with E-state index in [4.69, 9.17) is 10.5 Å². The Bertz CT molecular complexity index is 574. The maximum atomic E-state index is 12.0. The lowest BCUT2D eigenvalue weighted by atomic mass is 10.2. The maximum absolute atomic E-state index is 12.0. The van der Waals surface area contributed by atoms with Crippen LogP contribution in [0.3, 0.4) is 0 Å². The molecule has 0 radical (unpaired) electrons. The Labute approximate surface area is 121 Å². The van der Waals surface area contributed by atoms with Crippen molar-refractivity contribution in [1.82, 2.24) is 4.72 Å². The minimum absolute atomic E-state index is 0.0112. The molecule has 0 heterocycles. The molecule has 0 aliphatic heterocycles. The largest absolute Gasteiger partial charge is 0.497 e. The highest BCUT2D eigenvalue weighted by Gasteiger charge is 2.26. The Kier molecular flexibility index (Phi) is 5.85. The second-order valence-electron chi connectivity index (χ2n) is 4.37. The van der Waals surface area contributed by atoms with Crippen LogP contribution in [0, 0.1) is 0 Å². The second kappa shape index (κ2) is 6.99. The lowest BCUT2D eigenvalue weighted by molar-refractivity contribution is -0.135. The van der Waals surface area contributed by atoms with Crippen LogP contribution in [0.15, 0.2) is 23.1 Å². The first-order valence-corrected chi connectivity index (χ1v) is 7.64. The van der Waals surface area contributed by atoms with Crippen LogP contribution in [0.25, 0.3) is 0 Å². The minimum Gasteiger partial charge on any atom is -0.497 e. The molecule has 0 bridgehead atoms. The normalized spacial score (nSPS) is 12.4. The molecule has 1 aromatic carbocycles. The summed E-state index contributed by atoms with van der Waals surface area (Å²) >= 11 is 0. The van der Waals surface area contributed by atoms with Crippen LogP contribution < -0.4 is 15.2 Å². The van der Waals surface area contributed by atoms with Gasteiger partial charge in [0, 0.05) is 19.0 Å². The first kappa shape index (κ1) is 17.6. The van der Waals surface area contributed by atoms with Gasteiger partial charge < -0.3 is 10.5 Å². The third-order valence-electron chi connectivity index (χ3n) is 2.69. The van der Waals surface area contributed by atoms with Crippen molar-refractivity contribution in [3.8, 4) is 5.75 Å². The van der Waals surface area contributed by atoms with Crippen molar-refractivity contribution in [2.45, 2.75) is 30.3 Å². The second-order valence-corrected chi connectivity index (χ2v) is 6.11. The molecule has 1 rings (SSSR count). The fraction of sp³-hybridized carbons (Fsp3) is 0.500. The van der Waals surface area contributed by atoms with Crippen molar-refractivity contribution >= 4 is 15.7 Å². The molecule has 0 aliphatic rings. The Morgan fingerprint density at radius 2 is 1.95 bits per heavy atom. The monoisotopic (exact) mass is 326 g/mol. The fourth-order valence-electron chi connectivity index (χ4n) is 1.63. The quantitative estimate of drug-likeness (QED) is 0.595. The van der Waals surface area contributed by atoms with E-state index in [0.717, 1.165) is 0 Å². The maximum Gasteiger partial charge on any atom is 0.389 e. The molecule has 9 heteroatoms. The molecule has 0 fully saturated rings. The van der Waals surface area contributed by atoms with Gasteiger partial charge in [-0.25, -0.2) is 13.1 Å². The van der Waals surface area contributed by atoms with E-state index >= 15 is 0 Å². The summed E-state index contributed by atoms with van der Waals surface area (Å²) in [6, 6.07) is 4.08. The molecule has 21 heavy (non-hydrogen) atoms. The number of halogens is 3. The molecule has 0 amide bonds. The fourth-order valence-corrected chi connectivity index (χ4v) is 2.82. The number of nitrogens with two attached hydrogens (primary N) is 1. The molecule has 120 valence electrons. The minimum atomic E-state index is -4.22. The molecule has 3 N–H and O–H groups in total. The van der Waals surface area contributed by atoms with Gasteiger partial charge in [-0.1, -0.05) is 0 Å². The Hall–Kier alpha value is -1.48. The standard InChI is InChI=1S/C12H17F3N2O3S/c1-20-9-4-5-11(10(16)8-9)21(18,19)17-7-3-2-6-12(13,14)15/h4-5,8,17H,2-3,6-7,16H2,1H3. The van der Waals surface area contributed by atoms with Gasteiger partial charge in [-0.3, -0.25) is 0 Å². The number of hydrogen-bond donors (Lipinski definition) is 2. The Morgan fingerprint density at radius 3 is 2.48 bits per heavy atom. The van der Waals surface area contributed by atoms with Crippen molar-refractivity contribution in [2.24, 2.45) is 0 Å². The molecule has 1 aromatic rings. The number of benzene rings is 1. The highest BCUT2D eigenvalue weighted by atomic mass is 32.2. The number of sulfonamides is 1. The summed E-state index contributed by atoms with van der Waals surface area (Å²) in [5, 5.41) is 0. The lowest BCUT2D eigenvalue weighted by Gasteiger charge is -2.10. The van der Waals surface area contributed by atoms with E-state index < -0.39 is 22.6 Å². The molecule has 0 saturated heterocycles. The topological polar surface area (TPSA) is 81.4 Å². The van der Waals surface area contributed by atoms with Gasteiger partial charge in [-0.05, 0) is 25.0 Å². The van der Waals surface area contributed by atoms with E-state index in [0.29, 0.717) is 5.75 Å². The van der Waals surface area contributed by atoms with Gasteiger partial charge in [-0.15, -0.1) is 0 Å². The molecule has 0 saturated carbocycles. The highest BCUT2D eigenvalue weighted by molar-refractivity contribution is 7.89. The van der Waals surface area contributed by atoms with E-state index in [2.05, 4.69) is 4.72 Å². The van der Waals surface area contributed by atoms with E-state index in [1.165, 1.54) is 25.3 Å². The molecule has 0 unspecified atom stereocenters. The van der Waals surface area contributed by atoms with Crippen LogP contribution in [-0.2, 0) is 10.0 Å². The third kappa shape index (κ3) is 5.80. The molecule has 5 nitrogen and oxygen atoms in total. The number of methoxy groups -OCH3 is 1. The van der Waals surface area contributed by atoms with Crippen molar-refractivity contribution in [2.75, 3.05) is 19.4 Å². The lowest BCUT2D eigenvalue weighted by Crippen LogP contribution is -2.25. The number of hydrogen-bond acceptors (Lipinski definition) is 4. The van der Waals surface area contributed by atoms with Gasteiger partial charge in [0.1, 0.15) is 10.6 Å². The van der Waals surface area contributed by atoms with Gasteiger partial charge >= 0.3 is 6.18 Å². The molecular weight excluding hydrogens is 309 g/mol. The van der Waals surface area contributed by atoms with E-state index in [1.54, 1.807) is 0 Å². The average molecular weight is 326 g/mol. The Morgan fingerprint density at radius 1 is 1.29 bits per heavy atom. The zero-order valence-corrected chi connectivity index (χ0v) is 12.2. The summed E-state index contributed by atoms with van der Waals surface area (Å²) < 4.78 is 66.9. The number of nitrogen functional groups attached to an aromatic ring is 1. The first-order valence-electron chi connectivity index (χ1n) is 6.15. The zero-order valence-electron chi connectivity index (χ0n) is 11.4. The molecule has 0 spiro atoms. The average Bonchev–Trinajstić information content (AvgIpc) is 2.36. The van der Waals surface area contributed by atoms with Crippen LogP contribution >= 0.6 is 0 Å². The summed E-state index contributed by atoms with van der Waals surface area (Å²) in [6.45, 7) is -0.0795. The molecule has 0 aromatic heterocycles. The van der Waals surface area contributed by atoms with Crippen LogP contribution in [0.2, 0.25) is 0 Å². The Balaban J connectivity index is 2.58. The van der Waals surface area contributed by atoms with Gasteiger partial charge in [-0.2, -0.15) is 13.2 Å². The van der Waals surface area contributed by atoms with Gasteiger partial charge in [0.2, 0.25) is 10.0 Å². The summed E-state index contributed by atoms with van der Waals surface area (Å²) in [5.74, 6) is 0.414. The molecule has 0 aliphatic carbocycles. The van der Waals surface area contributed by atoms with Crippen molar-refractivity contribution in [3.63, 3.8) is 0 Å². The summed E-state index contributed by atoms with van der Waals surface area (Å²) in [6.07, 6.45) is -5.20. The number of alkyl halides is 3. The van der Waals surface area contributed by atoms with Crippen LogP contribution in [0.1, 0.15) is 19.3 Å². The highest BCUT2D eigenvalue weighted by Crippen LogP contribution is 2.24. The number of nitrogens with one attached hydrogen (secondary N) is 1. The number of anilines is 1. The first-order chi connectivity index (χ1) is 9.65. The van der Waals surface area contributed by atoms with Crippen molar-refractivity contribution in [3.05, 3.63) is 18.2 Å². The number of unbranched alkanes of at least 4 members (excludes halogenated alkanes) is 1. The van der Waals surface area contributed by atoms with Gasteiger partial charge in [0.25, 0.3) is 0 Å². The summed E-state index contributed by atoms with van der Waals surface area (Å²) in [5.41, 5.74) is 5.63. The number of ether oxygens (including phenoxy) is 1. The SMILES string of the molecule is COc1ccc(S(=O)(=O)NCCCCC(F)(F)F)c(N)c1. The molecular formula is C12H17F3N2O3S. The van der Waals surface area contributed by atoms with E-state index in [1.807, 2.05) is 0 Å². The van der Waals surface area contributed by atoms with Gasteiger partial charge in [0.05, 0.1) is 12.8 Å². The van der Waals surface area contributed by atoms with Crippen LogP contribution in [0.4, 0.5) is 18.9 Å². The summed E-state index contributed by atoms with van der Waals surface area (Å²) in [4.78, 5) is -0.126. The predicted octanol–water partition coefficient (Wildman–Crippen LogP) is 2.29. The van der Waals surface area contributed by atoms with Crippen LogP contribution in [-0.4, -0.2) is 28.2 Å². The van der Waals surface area contributed by atoms with Crippen molar-refractivity contribution in [1.29, 1.82) is 0 Å². The number of rotatable bonds is 7. The third-order valence-corrected chi connectivity index (χ3v) is 4.22. The predicted molar refractivity (Wildman–Crippen MR) is 72.5 cm³/mol. The van der Waals surface area contributed by atoms with Crippen LogP contribution in [0.5, 0.6) is 5.75 Å². The molecule has 0 atom stereocenters. The summed E-state index contributed by atoms with van der Waals surface area (Å²) in [7, 11) is -2.43.